The third kappa shape index (κ3) is 2.44. The van der Waals surface area contributed by atoms with Gasteiger partial charge in [0.15, 0.2) is 0 Å². The third-order valence-corrected chi connectivity index (χ3v) is 5.30. The smallest absolute Gasteiger partial charge is 0.272 e. The lowest BCUT2D eigenvalue weighted by Gasteiger charge is -2.21. The third-order valence-electron chi connectivity index (χ3n) is 2.23. The molecule has 0 aliphatic carbocycles. The molecular formula is C7H14N4O2S2. The van der Waals surface area contributed by atoms with E-state index in [9.17, 15) is 8.42 Å². The molecule has 1 atom stereocenters. The van der Waals surface area contributed by atoms with E-state index in [-0.39, 0.29) is 15.5 Å². The van der Waals surface area contributed by atoms with Crippen LogP contribution in [0.1, 0.15) is 20.3 Å². The van der Waals surface area contributed by atoms with Gasteiger partial charge in [-0.1, -0.05) is 18.3 Å². The molecule has 0 aliphatic heterocycles. The van der Waals surface area contributed by atoms with Crippen molar-refractivity contribution < 1.29 is 8.42 Å². The minimum Gasteiger partial charge on any atom is -0.374 e. The average molecular weight is 250 g/mol. The van der Waals surface area contributed by atoms with Gasteiger partial charge >= 0.3 is 0 Å². The lowest BCUT2D eigenvalue weighted by Crippen LogP contribution is -2.34. The molecule has 86 valence electrons. The highest BCUT2D eigenvalue weighted by molar-refractivity contribution is 7.91. The van der Waals surface area contributed by atoms with Crippen molar-refractivity contribution >= 4 is 26.5 Å². The molecule has 2 N–H and O–H groups in total. The van der Waals surface area contributed by atoms with E-state index >= 15 is 0 Å². The van der Waals surface area contributed by atoms with Gasteiger partial charge in [0.25, 0.3) is 10.0 Å². The van der Waals surface area contributed by atoms with Crippen molar-refractivity contribution in [3.05, 3.63) is 0 Å². The van der Waals surface area contributed by atoms with E-state index in [1.807, 2.05) is 13.8 Å². The molecule has 0 amide bonds. The fourth-order valence-corrected chi connectivity index (χ4v) is 3.33. The number of hydrogen-bond donors (Lipinski definition) is 1. The maximum atomic E-state index is 11.9. The highest BCUT2D eigenvalue weighted by atomic mass is 32.2. The van der Waals surface area contributed by atoms with Crippen molar-refractivity contribution in [2.24, 2.45) is 0 Å². The minimum atomic E-state index is -3.53. The summed E-state index contributed by atoms with van der Waals surface area (Å²) >= 11 is 0.877. The fraction of sp³-hybridized carbons (Fsp3) is 0.714. The van der Waals surface area contributed by atoms with E-state index in [0.717, 1.165) is 17.8 Å². The molecule has 8 heteroatoms. The first kappa shape index (κ1) is 12.3. The first-order chi connectivity index (χ1) is 6.89. The molecule has 0 radical (unpaired) electrons. The number of sulfonamides is 1. The van der Waals surface area contributed by atoms with Crippen molar-refractivity contribution in [1.82, 2.24) is 14.5 Å². The van der Waals surface area contributed by atoms with Crippen LogP contribution in [0.2, 0.25) is 0 Å². The van der Waals surface area contributed by atoms with Crippen LogP contribution in [0.25, 0.3) is 0 Å². The molecule has 1 heterocycles. The summed E-state index contributed by atoms with van der Waals surface area (Å²) in [6, 6.07) is -0.0693. The van der Waals surface area contributed by atoms with Crippen LogP contribution in [-0.4, -0.2) is 36.0 Å². The van der Waals surface area contributed by atoms with E-state index in [4.69, 9.17) is 5.73 Å². The molecule has 0 saturated heterocycles. The minimum absolute atomic E-state index is 0.0530. The Kier molecular flexibility index (Phi) is 3.63. The Morgan fingerprint density at radius 3 is 2.53 bits per heavy atom. The highest BCUT2D eigenvalue weighted by Gasteiger charge is 2.28. The van der Waals surface area contributed by atoms with Crippen LogP contribution in [0.3, 0.4) is 0 Å². The molecule has 1 unspecified atom stereocenters. The van der Waals surface area contributed by atoms with Crippen molar-refractivity contribution in [2.75, 3.05) is 12.8 Å². The molecule has 0 spiro atoms. The Morgan fingerprint density at radius 1 is 1.53 bits per heavy atom. The summed E-state index contributed by atoms with van der Waals surface area (Å²) in [5.41, 5.74) is 5.35. The number of anilines is 1. The largest absolute Gasteiger partial charge is 0.374 e. The van der Waals surface area contributed by atoms with E-state index in [1.54, 1.807) is 0 Å². The summed E-state index contributed by atoms with van der Waals surface area (Å²) in [6.07, 6.45) is 0.740. The molecule has 0 fully saturated rings. The van der Waals surface area contributed by atoms with Gasteiger partial charge in [0, 0.05) is 13.1 Å². The first-order valence-electron chi connectivity index (χ1n) is 4.46. The Balaban J connectivity index is 3.03. The predicted molar refractivity (Wildman–Crippen MR) is 59.0 cm³/mol. The summed E-state index contributed by atoms with van der Waals surface area (Å²) in [6.45, 7) is 3.76. The van der Waals surface area contributed by atoms with Gasteiger partial charge in [-0.25, -0.2) is 8.42 Å². The van der Waals surface area contributed by atoms with E-state index in [0.29, 0.717) is 0 Å². The zero-order chi connectivity index (χ0) is 11.6. The van der Waals surface area contributed by atoms with E-state index < -0.39 is 10.0 Å². The quantitative estimate of drug-likeness (QED) is 0.842. The van der Waals surface area contributed by atoms with Crippen molar-refractivity contribution in [1.29, 1.82) is 0 Å². The van der Waals surface area contributed by atoms with Gasteiger partial charge in [0.05, 0.1) is 0 Å². The molecule has 1 aromatic heterocycles. The number of nitrogens with two attached hydrogens (primary N) is 1. The van der Waals surface area contributed by atoms with Crippen molar-refractivity contribution in [3.63, 3.8) is 0 Å². The number of aromatic nitrogens is 2. The van der Waals surface area contributed by atoms with Gasteiger partial charge in [0.2, 0.25) is 9.47 Å². The lowest BCUT2D eigenvalue weighted by atomic mass is 10.3. The molecule has 1 aromatic rings. The Labute approximate surface area is 93.2 Å². The predicted octanol–water partition coefficient (Wildman–Crippen LogP) is 0.539. The van der Waals surface area contributed by atoms with Crippen LogP contribution >= 0.6 is 11.3 Å². The normalized spacial score (nSPS) is 14.4. The van der Waals surface area contributed by atoms with E-state index in [2.05, 4.69) is 10.2 Å². The summed E-state index contributed by atoms with van der Waals surface area (Å²) < 4.78 is 25.1. The molecule has 0 aromatic carbocycles. The van der Waals surface area contributed by atoms with Gasteiger partial charge in [0.1, 0.15) is 0 Å². The number of nitrogens with zero attached hydrogens (tertiary/aromatic N) is 3. The van der Waals surface area contributed by atoms with Crippen LogP contribution in [0, 0.1) is 0 Å². The SMILES string of the molecule is CCC(C)N(C)S(=O)(=O)c1nnc(N)s1. The Hall–Kier alpha value is -0.730. The topological polar surface area (TPSA) is 89.2 Å². The van der Waals surface area contributed by atoms with E-state index in [1.165, 1.54) is 11.4 Å². The Bertz CT molecular complexity index is 428. The second kappa shape index (κ2) is 4.42. The summed E-state index contributed by atoms with van der Waals surface area (Å²) in [5, 5.41) is 7.19. The second-order valence-electron chi connectivity index (χ2n) is 3.18. The summed E-state index contributed by atoms with van der Waals surface area (Å²) in [5.74, 6) is 0. The van der Waals surface area contributed by atoms with Crippen LogP contribution < -0.4 is 5.73 Å². The molecule has 1 rings (SSSR count). The standard InChI is InChI=1S/C7H14N4O2S2/c1-4-5(2)11(3)15(12,13)7-10-9-6(8)14-7/h5H,4H2,1-3H3,(H2,8,9). The molecule has 0 saturated carbocycles. The highest BCUT2D eigenvalue weighted by Crippen LogP contribution is 2.22. The van der Waals surface area contributed by atoms with Crippen LogP contribution in [0.15, 0.2) is 4.34 Å². The van der Waals surface area contributed by atoms with Gasteiger partial charge < -0.3 is 5.73 Å². The maximum absolute atomic E-state index is 11.9. The van der Waals surface area contributed by atoms with Crippen LogP contribution in [0.4, 0.5) is 5.13 Å². The monoisotopic (exact) mass is 250 g/mol. The van der Waals surface area contributed by atoms with Crippen molar-refractivity contribution in [2.45, 2.75) is 30.6 Å². The molecular weight excluding hydrogens is 236 g/mol. The van der Waals surface area contributed by atoms with Gasteiger partial charge in [-0.3, -0.25) is 0 Å². The number of rotatable bonds is 4. The lowest BCUT2D eigenvalue weighted by molar-refractivity contribution is 0.380. The van der Waals surface area contributed by atoms with Crippen molar-refractivity contribution in [3.8, 4) is 0 Å². The maximum Gasteiger partial charge on any atom is 0.272 e. The first-order valence-corrected chi connectivity index (χ1v) is 6.72. The van der Waals surface area contributed by atoms with Crippen LogP contribution in [-0.2, 0) is 10.0 Å². The van der Waals surface area contributed by atoms with Gasteiger partial charge in [-0.15, -0.1) is 10.2 Å². The Morgan fingerprint density at radius 2 is 2.13 bits per heavy atom. The molecule has 15 heavy (non-hydrogen) atoms. The number of nitrogen functional groups attached to an aromatic ring is 1. The second-order valence-corrected chi connectivity index (χ2v) is 6.37. The van der Waals surface area contributed by atoms with Crippen LogP contribution in [0.5, 0.6) is 0 Å². The number of hydrogen-bond acceptors (Lipinski definition) is 6. The molecule has 0 aliphatic rings. The molecule has 6 nitrogen and oxygen atoms in total. The summed E-state index contributed by atoms with van der Waals surface area (Å²) in [4.78, 5) is 0. The van der Waals surface area contributed by atoms with Gasteiger partial charge in [-0.05, 0) is 13.3 Å². The zero-order valence-corrected chi connectivity index (χ0v) is 10.5. The summed E-state index contributed by atoms with van der Waals surface area (Å²) in [7, 11) is -2.00. The average Bonchev–Trinajstić information content (AvgIpc) is 2.63. The molecule has 0 bridgehead atoms. The van der Waals surface area contributed by atoms with Gasteiger partial charge in [-0.2, -0.15) is 4.31 Å². The fourth-order valence-electron chi connectivity index (χ4n) is 0.942. The zero-order valence-electron chi connectivity index (χ0n) is 8.84.